The van der Waals surface area contributed by atoms with Gasteiger partial charge in [-0.2, -0.15) is 4.98 Å². The molecule has 0 aliphatic carbocycles. The summed E-state index contributed by atoms with van der Waals surface area (Å²) in [6, 6.07) is 1.99. The maximum absolute atomic E-state index is 6.01. The molecule has 2 atom stereocenters. The van der Waals surface area contributed by atoms with Crippen LogP contribution in [0.2, 0.25) is 5.28 Å². The van der Waals surface area contributed by atoms with Crippen LogP contribution in [0.1, 0.15) is 12.8 Å². The van der Waals surface area contributed by atoms with Gasteiger partial charge in [-0.25, -0.2) is 4.98 Å². The third-order valence-corrected chi connectivity index (χ3v) is 4.67. The number of ether oxygens (including phenoxy) is 1. The molecular weight excluding hydrogens is 270 g/mol. The minimum atomic E-state index is 0.328. The Bertz CT molecular complexity index is 590. The van der Waals surface area contributed by atoms with Crippen LogP contribution in [0.25, 0.3) is 10.2 Å². The number of thiophene rings is 1. The summed E-state index contributed by atoms with van der Waals surface area (Å²) in [6.07, 6.45) is 3.03. The second kappa shape index (κ2) is 4.05. The molecule has 2 unspecified atom stereocenters. The molecule has 4 rings (SSSR count). The molecule has 2 aliphatic heterocycles. The zero-order valence-corrected chi connectivity index (χ0v) is 11.2. The summed E-state index contributed by atoms with van der Waals surface area (Å²) in [4.78, 5) is 11.0. The number of hydrogen-bond donors (Lipinski definition) is 0. The molecule has 94 valence electrons. The predicted molar refractivity (Wildman–Crippen MR) is 72.5 cm³/mol. The summed E-state index contributed by atoms with van der Waals surface area (Å²) in [5, 5.41) is 2.36. The van der Waals surface area contributed by atoms with Crippen LogP contribution in [0.5, 0.6) is 0 Å². The van der Waals surface area contributed by atoms with E-state index in [1.165, 1.54) is 0 Å². The molecule has 0 N–H and O–H groups in total. The molecule has 2 fully saturated rings. The molecule has 0 aromatic carbocycles. The highest BCUT2D eigenvalue weighted by Gasteiger charge is 2.35. The second-order valence-corrected chi connectivity index (χ2v) is 6.07. The molecule has 2 aromatic heterocycles. The molecule has 2 aromatic rings. The average molecular weight is 282 g/mol. The first-order valence-corrected chi connectivity index (χ1v) is 7.36. The normalized spacial score (nSPS) is 27.1. The van der Waals surface area contributed by atoms with E-state index in [1.54, 1.807) is 11.3 Å². The number of aromatic nitrogens is 2. The number of nitrogens with zero attached hydrogens (tertiary/aromatic N) is 3. The van der Waals surface area contributed by atoms with Gasteiger partial charge in [-0.05, 0) is 35.9 Å². The summed E-state index contributed by atoms with van der Waals surface area (Å²) in [5.41, 5.74) is 0.939. The van der Waals surface area contributed by atoms with E-state index in [4.69, 9.17) is 16.3 Å². The van der Waals surface area contributed by atoms with Crippen LogP contribution < -0.4 is 4.90 Å². The van der Waals surface area contributed by atoms with Crippen LogP contribution in [-0.2, 0) is 4.74 Å². The molecule has 2 saturated heterocycles. The fourth-order valence-corrected chi connectivity index (χ4v) is 3.84. The number of rotatable bonds is 1. The van der Waals surface area contributed by atoms with Crippen LogP contribution in [-0.4, -0.2) is 35.3 Å². The van der Waals surface area contributed by atoms with Crippen LogP contribution in [0.4, 0.5) is 5.82 Å². The van der Waals surface area contributed by atoms with Crippen molar-refractivity contribution in [3.05, 3.63) is 16.7 Å². The Hall–Kier alpha value is -0.910. The molecule has 0 spiro atoms. The maximum Gasteiger partial charge on any atom is 0.224 e. The van der Waals surface area contributed by atoms with Crippen LogP contribution in [0.15, 0.2) is 11.4 Å². The fraction of sp³-hybridized carbons (Fsp3) is 0.500. The molecule has 2 aliphatic rings. The van der Waals surface area contributed by atoms with Crippen molar-refractivity contribution in [1.82, 2.24) is 9.97 Å². The fourth-order valence-electron chi connectivity index (χ4n) is 2.82. The number of hydrogen-bond acceptors (Lipinski definition) is 5. The molecule has 0 amide bonds. The van der Waals surface area contributed by atoms with Crippen molar-refractivity contribution in [1.29, 1.82) is 0 Å². The van der Waals surface area contributed by atoms with Gasteiger partial charge in [0.05, 0.1) is 22.4 Å². The monoisotopic (exact) mass is 281 g/mol. The van der Waals surface area contributed by atoms with Gasteiger partial charge in [-0.15, -0.1) is 11.3 Å². The van der Waals surface area contributed by atoms with E-state index in [-0.39, 0.29) is 0 Å². The van der Waals surface area contributed by atoms with Crippen molar-refractivity contribution in [2.45, 2.75) is 25.0 Å². The van der Waals surface area contributed by atoms with E-state index in [1.807, 2.05) is 11.4 Å². The van der Waals surface area contributed by atoms with Crippen molar-refractivity contribution < 1.29 is 4.74 Å². The van der Waals surface area contributed by atoms with Crippen LogP contribution in [0, 0.1) is 0 Å². The molecule has 4 nitrogen and oxygen atoms in total. The van der Waals surface area contributed by atoms with Crippen molar-refractivity contribution in [2.75, 3.05) is 18.0 Å². The van der Waals surface area contributed by atoms with Gasteiger partial charge in [0.1, 0.15) is 0 Å². The molecular formula is C12H12ClN3OS. The summed E-state index contributed by atoms with van der Waals surface area (Å²) >= 11 is 7.69. The smallest absolute Gasteiger partial charge is 0.224 e. The van der Waals surface area contributed by atoms with Gasteiger partial charge in [0, 0.05) is 13.1 Å². The Labute approximate surface area is 114 Å². The third-order valence-electron chi connectivity index (χ3n) is 3.60. The number of halogens is 1. The third kappa shape index (κ3) is 1.69. The lowest BCUT2D eigenvalue weighted by Crippen LogP contribution is -2.43. The zero-order valence-electron chi connectivity index (χ0n) is 9.67. The Morgan fingerprint density at radius 1 is 1.28 bits per heavy atom. The Morgan fingerprint density at radius 2 is 2.06 bits per heavy atom. The van der Waals surface area contributed by atoms with E-state index in [9.17, 15) is 0 Å². The highest BCUT2D eigenvalue weighted by Crippen LogP contribution is 2.34. The molecule has 0 radical (unpaired) electrons. The van der Waals surface area contributed by atoms with Gasteiger partial charge in [0.25, 0.3) is 0 Å². The molecule has 0 saturated carbocycles. The van der Waals surface area contributed by atoms with Gasteiger partial charge < -0.3 is 9.64 Å². The van der Waals surface area contributed by atoms with Crippen molar-refractivity contribution in [3.8, 4) is 0 Å². The largest absolute Gasteiger partial charge is 0.371 e. The zero-order chi connectivity index (χ0) is 12.1. The summed E-state index contributed by atoms with van der Waals surface area (Å²) in [6.45, 7) is 1.83. The summed E-state index contributed by atoms with van der Waals surface area (Å²) in [7, 11) is 0. The van der Waals surface area contributed by atoms with Crippen LogP contribution in [0.3, 0.4) is 0 Å². The van der Waals surface area contributed by atoms with E-state index in [0.29, 0.717) is 17.5 Å². The van der Waals surface area contributed by atoms with Crippen molar-refractivity contribution in [3.63, 3.8) is 0 Å². The first kappa shape index (κ1) is 11.0. The first-order chi connectivity index (χ1) is 8.79. The average Bonchev–Trinajstić information content (AvgIpc) is 2.94. The molecule has 6 heteroatoms. The van der Waals surface area contributed by atoms with Gasteiger partial charge in [-0.1, -0.05) is 0 Å². The number of morpholine rings is 1. The minimum Gasteiger partial charge on any atom is -0.371 e. The summed E-state index contributed by atoms with van der Waals surface area (Å²) < 4.78 is 6.98. The van der Waals surface area contributed by atoms with E-state index in [2.05, 4.69) is 14.9 Å². The van der Waals surface area contributed by atoms with Gasteiger partial charge in [0.15, 0.2) is 5.82 Å². The quantitative estimate of drug-likeness (QED) is 0.754. The van der Waals surface area contributed by atoms with Gasteiger partial charge in [0.2, 0.25) is 5.28 Å². The van der Waals surface area contributed by atoms with Crippen molar-refractivity contribution in [2.24, 2.45) is 0 Å². The second-order valence-electron chi connectivity index (χ2n) is 4.81. The molecule has 18 heavy (non-hydrogen) atoms. The number of anilines is 1. The minimum absolute atomic E-state index is 0.328. The maximum atomic E-state index is 6.01. The van der Waals surface area contributed by atoms with Gasteiger partial charge >= 0.3 is 0 Å². The Balaban J connectivity index is 1.79. The van der Waals surface area contributed by atoms with Crippen LogP contribution >= 0.6 is 22.9 Å². The topological polar surface area (TPSA) is 38.2 Å². The highest BCUT2D eigenvalue weighted by molar-refractivity contribution is 7.17. The lowest BCUT2D eigenvalue weighted by atomic mass is 10.2. The van der Waals surface area contributed by atoms with E-state index < -0.39 is 0 Å². The van der Waals surface area contributed by atoms with Gasteiger partial charge in [-0.3, -0.25) is 0 Å². The van der Waals surface area contributed by atoms with E-state index in [0.717, 1.165) is 42.0 Å². The highest BCUT2D eigenvalue weighted by atomic mass is 35.5. The van der Waals surface area contributed by atoms with E-state index >= 15 is 0 Å². The Morgan fingerprint density at radius 3 is 2.83 bits per heavy atom. The standard InChI is InChI=1S/C12H12ClN3OS/c13-12-14-9-3-4-18-10(9)11(15-12)16-5-7-1-2-8(6-16)17-7/h3-4,7-8H,1-2,5-6H2. The SMILES string of the molecule is Clc1nc(N2CC3CCC(C2)O3)c2sccc2n1. The lowest BCUT2D eigenvalue weighted by molar-refractivity contribution is 0.0303. The Kier molecular flexibility index (Phi) is 2.46. The molecule has 4 heterocycles. The summed E-state index contributed by atoms with van der Waals surface area (Å²) in [5.74, 6) is 0.972. The number of fused-ring (bicyclic) bond motifs is 3. The predicted octanol–water partition coefficient (Wildman–Crippen LogP) is 2.71. The van der Waals surface area contributed by atoms with Crippen molar-refractivity contribution >= 4 is 39.0 Å². The lowest BCUT2D eigenvalue weighted by Gasteiger charge is -2.33. The molecule has 2 bridgehead atoms. The first-order valence-electron chi connectivity index (χ1n) is 6.11.